The first-order chi connectivity index (χ1) is 12.1. The molecule has 2 aromatic heterocycles. The maximum absolute atomic E-state index is 9.32. The van der Waals surface area contributed by atoms with Crippen molar-refractivity contribution in [3.05, 3.63) is 40.8 Å². The average molecular weight is 379 g/mol. The summed E-state index contributed by atoms with van der Waals surface area (Å²) < 4.78 is 7.84. The number of halogens is 2. The van der Waals surface area contributed by atoms with Gasteiger partial charge in [0.25, 0.3) is 0 Å². The third-order valence-corrected chi connectivity index (χ3v) is 4.85. The van der Waals surface area contributed by atoms with Crippen LogP contribution in [0.3, 0.4) is 0 Å². The lowest BCUT2D eigenvalue weighted by Crippen LogP contribution is -2.14. The average Bonchev–Trinajstić information content (AvgIpc) is 3.18. The molecule has 3 heterocycles. The van der Waals surface area contributed by atoms with Gasteiger partial charge in [-0.2, -0.15) is 0 Å². The summed E-state index contributed by atoms with van der Waals surface area (Å²) in [6.07, 6.45) is 4.57. The molecule has 0 aliphatic carbocycles. The summed E-state index contributed by atoms with van der Waals surface area (Å²) in [5.74, 6) is 0.381. The molecule has 1 aliphatic rings. The molecular weight excluding hydrogens is 363 g/mol. The summed E-state index contributed by atoms with van der Waals surface area (Å²) in [5, 5.41) is 11.1. The minimum Gasteiger partial charge on any atom is -0.394 e. The van der Waals surface area contributed by atoms with E-state index in [-0.39, 0.29) is 18.9 Å². The number of hydrogen-bond donors (Lipinski definition) is 2. The number of aromatic nitrogens is 3. The fourth-order valence-electron chi connectivity index (χ4n) is 3.28. The van der Waals surface area contributed by atoms with Crippen molar-refractivity contribution < 1.29 is 9.84 Å². The van der Waals surface area contributed by atoms with Gasteiger partial charge in [-0.1, -0.05) is 23.2 Å². The third kappa shape index (κ3) is 2.95. The number of rotatable bonds is 3. The molecule has 0 amide bonds. The molecular formula is C17H16Cl2N4O2. The molecule has 1 fully saturated rings. The molecule has 130 valence electrons. The van der Waals surface area contributed by atoms with Crippen LogP contribution in [0, 0.1) is 0 Å². The summed E-state index contributed by atoms with van der Waals surface area (Å²) in [4.78, 5) is 8.51. The van der Waals surface area contributed by atoms with Crippen molar-refractivity contribution in [2.24, 2.45) is 0 Å². The van der Waals surface area contributed by atoms with Gasteiger partial charge in [-0.15, -0.1) is 0 Å². The highest BCUT2D eigenvalue weighted by molar-refractivity contribution is 6.35. The summed E-state index contributed by atoms with van der Waals surface area (Å²) in [6.45, 7) is 0.00355. The Morgan fingerprint density at radius 2 is 1.96 bits per heavy atom. The molecule has 2 atom stereocenters. The van der Waals surface area contributed by atoms with Crippen molar-refractivity contribution in [1.82, 2.24) is 14.5 Å². The molecule has 1 aromatic carbocycles. The van der Waals surface area contributed by atoms with Crippen LogP contribution in [0.1, 0.15) is 19.1 Å². The van der Waals surface area contributed by atoms with Crippen LogP contribution in [0.4, 0.5) is 5.82 Å². The number of nitrogen functional groups attached to an aromatic ring is 1. The summed E-state index contributed by atoms with van der Waals surface area (Å²) in [5.41, 5.74) is 8.48. The Balaban J connectivity index is 1.90. The predicted molar refractivity (Wildman–Crippen MR) is 97.6 cm³/mol. The van der Waals surface area contributed by atoms with E-state index in [0.717, 1.165) is 29.4 Å². The predicted octanol–water partition coefficient (Wildman–Crippen LogP) is 3.66. The van der Waals surface area contributed by atoms with Crippen LogP contribution in [0.5, 0.6) is 0 Å². The number of nitrogens with zero attached hydrogens (tertiary/aromatic N) is 3. The molecule has 0 bridgehead atoms. The van der Waals surface area contributed by atoms with E-state index < -0.39 is 0 Å². The van der Waals surface area contributed by atoms with Gasteiger partial charge in [-0.05, 0) is 36.6 Å². The lowest BCUT2D eigenvalue weighted by molar-refractivity contribution is -0.0204. The van der Waals surface area contributed by atoms with Crippen molar-refractivity contribution in [1.29, 1.82) is 0 Å². The molecule has 0 saturated carbocycles. The van der Waals surface area contributed by atoms with E-state index in [1.165, 1.54) is 6.33 Å². The van der Waals surface area contributed by atoms with E-state index in [2.05, 4.69) is 9.97 Å². The normalized spacial score (nSPS) is 20.4. The van der Waals surface area contributed by atoms with E-state index in [1.807, 2.05) is 22.9 Å². The fraction of sp³-hybridized carbons (Fsp3) is 0.294. The molecule has 3 N–H and O–H groups in total. The van der Waals surface area contributed by atoms with Crippen molar-refractivity contribution in [3.63, 3.8) is 0 Å². The van der Waals surface area contributed by atoms with Gasteiger partial charge < -0.3 is 20.1 Å². The van der Waals surface area contributed by atoms with Gasteiger partial charge in [-0.3, -0.25) is 0 Å². The third-order valence-electron chi connectivity index (χ3n) is 4.41. The molecule has 4 rings (SSSR count). The minimum absolute atomic E-state index is 0.00355. The largest absolute Gasteiger partial charge is 0.394 e. The van der Waals surface area contributed by atoms with Crippen molar-refractivity contribution in [2.75, 3.05) is 12.3 Å². The number of hydrogen-bond acceptors (Lipinski definition) is 5. The molecule has 1 saturated heterocycles. The summed E-state index contributed by atoms with van der Waals surface area (Å²) in [6, 6.07) is 5.33. The minimum atomic E-state index is -0.211. The molecule has 1 aliphatic heterocycles. The van der Waals surface area contributed by atoms with Crippen LogP contribution in [-0.2, 0) is 4.74 Å². The standard InChI is InChI=1S/C17H16Cl2N4O2/c18-10-3-9(4-11(19)5-10)13-6-23(14-2-1-12(7-24)25-14)17-15(13)16(20)21-8-22-17/h3-6,8,12,14,24H,1-2,7H2,(H2,20,21,22). The highest BCUT2D eigenvalue weighted by Gasteiger charge is 2.28. The second kappa shape index (κ2) is 6.46. The first-order valence-corrected chi connectivity index (χ1v) is 8.66. The Bertz CT molecular complexity index is 924. The number of fused-ring (bicyclic) bond motifs is 1. The molecule has 2 unspecified atom stereocenters. The molecule has 0 radical (unpaired) electrons. The first-order valence-electron chi connectivity index (χ1n) is 7.90. The summed E-state index contributed by atoms with van der Waals surface area (Å²) in [7, 11) is 0. The Hall–Kier alpha value is -1.86. The topological polar surface area (TPSA) is 86.2 Å². The van der Waals surface area contributed by atoms with Gasteiger partial charge in [-0.25, -0.2) is 9.97 Å². The Kier molecular flexibility index (Phi) is 4.29. The van der Waals surface area contributed by atoms with Crippen LogP contribution in [0.2, 0.25) is 10.0 Å². The van der Waals surface area contributed by atoms with Gasteiger partial charge in [0.15, 0.2) is 0 Å². The van der Waals surface area contributed by atoms with E-state index in [4.69, 9.17) is 33.7 Å². The van der Waals surface area contributed by atoms with Crippen LogP contribution >= 0.6 is 23.2 Å². The molecule has 0 spiro atoms. The smallest absolute Gasteiger partial charge is 0.148 e. The highest BCUT2D eigenvalue weighted by Crippen LogP contribution is 2.39. The monoisotopic (exact) mass is 378 g/mol. The molecule has 25 heavy (non-hydrogen) atoms. The number of aliphatic hydroxyl groups excluding tert-OH is 1. The van der Waals surface area contributed by atoms with E-state index in [0.29, 0.717) is 21.5 Å². The van der Waals surface area contributed by atoms with Crippen LogP contribution in [0.15, 0.2) is 30.7 Å². The Morgan fingerprint density at radius 1 is 1.20 bits per heavy atom. The number of aliphatic hydroxyl groups is 1. The van der Waals surface area contributed by atoms with Gasteiger partial charge >= 0.3 is 0 Å². The van der Waals surface area contributed by atoms with E-state index in [9.17, 15) is 5.11 Å². The van der Waals surface area contributed by atoms with Crippen LogP contribution in [0.25, 0.3) is 22.2 Å². The second-order valence-electron chi connectivity index (χ2n) is 6.04. The molecule has 8 heteroatoms. The SMILES string of the molecule is Nc1ncnc2c1c(-c1cc(Cl)cc(Cl)c1)cn2C1CCC(CO)O1. The maximum Gasteiger partial charge on any atom is 0.148 e. The zero-order chi connectivity index (χ0) is 17.6. The maximum atomic E-state index is 9.32. The Labute approximate surface area is 154 Å². The molecule has 6 nitrogen and oxygen atoms in total. The quantitative estimate of drug-likeness (QED) is 0.726. The number of benzene rings is 1. The van der Waals surface area contributed by atoms with Crippen molar-refractivity contribution in [2.45, 2.75) is 25.2 Å². The molecule has 3 aromatic rings. The summed E-state index contributed by atoms with van der Waals surface area (Å²) >= 11 is 12.3. The van der Waals surface area contributed by atoms with Gasteiger partial charge in [0, 0.05) is 21.8 Å². The van der Waals surface area contributed by atoms with E-state index in [1.54, 1.807) is 6.07 Å². The highest BCUT2D eigenvalue weighted by atomic mass is 35.5. The van der Waals surface area contributed by atoms with E-state index >= 15 is 0 Å². The zero-order valence-electron chi connectivity index (χ0n) is 13.2. The zero-order valence-corrected chi connectivity index (χ0v) is 14.7. The first kappa shape index (κ1) is 16.6. The second-order valence-corrected chi connectivity index (χ2v) is 6.91. The number of ether oxygens (including phenoxy) is 1. The van der Waals surface area contributed by atoms with Crippen molar-refractivity contribution in [3.8, 4) is 11.1 Å². The van der Waals surface area contributed by atoms with Crippen LogP contribution in [-0.4, -0.2) is 32.4 Å². The van der Waals surface area contributed by atoms with Gasteiger partial charge in [0.05, 0.1) is 18.1 Å². The number of anilines is 1. The lowest BCUT2D eigenvalue weighted by Gasteiger charge is -2.14. The lowest BCUT2D eigenvalue weighted by atomic mass is 10.1. The Morgan fingerprint density at radius 3 is 2.64 bits per heavy atom. The fourth-order valence-corrected chi connectivity index (χ4v) is 3.81. The van der Waals surface area contributed by atoms with Gasteiger partial charge in [0.1, 0.15) is 24.0 Å². The number of nitrogens with two attached hydrogens (primary N) is 1. The van der Waals surface area contributed by atoms with Crippen molar-refractivity contribution >= 4 is 40.1 Å². The van der Waals surface area contributed by atoms with Gasteiger partial charge in [0.2, 0.25) is 0 Å². The van der Waals surface area contributed by atoms with Crippen LogP contribution < -0.4 is 5.73 Å².